The van der Waals surface area contributed by atoms with Crippen LogP contribution in [0.3, 0.4) is 0 Å². The van der Waals surface area contributed by atoms with Crippen molar-refractivity contribution in [1.82, 2.24) is 10.5 Å². The van der Waals surface area contributed by atoms with Crippen LogP contribution in [0.1, 0.15) is 37.3 Å². The normalized spacial score (nSPS) is 14.3. The number of nitrogens with two attached hydrogens (primary N) is 1. The van der Waals surface area contributed by atoms with Crippen LogP contribution in [0.4, 0.5) is 0 Å². The lowest BCUT2D eigenvalue weighted by Crippen LogP contribution is -2.45. The quantitative estimate of drug-likeness (QED) is 0.801. The highest BCUT2D eigenvalue weighted by atomic mass is 16.5. The molecule has 1 rings (SSSR count). The highest BCUT2D eigenvalue weighted by Gasteiger charge is 2.19. The summed E-state index contributed by atoms with van der Waals surface area (Å²) in [6.07, 6.45) is 1.62. The van der Waals surface area contributed by atoms with Crippen molar-refractivity contribution in [2.45, 2.75) is 46.6 Å². The maximum Gasteiger partial charge on any atom is 0.237 e. The van der Waals surface area contributed by atoms with Gasteiger partial charge in [-0.05, 0) is 26.2 Å². The van der Waals surface area contributed by atoms with Gasteiger partial charge in [0, 0.05) is 12.1 Å². The molecule has 5 heteroatoms. The lowest BCUT2D eigenvalue weighted by molar-refractivity contribution is -0.123. The number of aromatic nitrogens is 1. The molecule has 0 spiro atoms. The van der Waals surface area contributed by atoms with Gasteiger partial charge in [-0.1, -0.05) is 25.4 Å². The fourth-order valence-corrected chi connectivity index (χ4v) is 1.80. The lowest BCUT2D eigenvalue weighted by atomic mass is 9.99. The van der Waals surface area contributed by atoms with Gasteiger partial charge in [0.1, 0.15) is 5.76 Å². The molecule has 0 aliphatic carbocycles. The molecule has 102 valence electrons. The summed E-state index contributed by atoms with van der Waals surface area (Å²) in [4.78, 5) is 11.8. The van der Waals surface area contributed by atoms with Crippen LogP contribution in [-0.4, -0.2) is 23.7 Å². The summed E-state index contributed by atoms with van der Waals surface area (Å²) in [5, 5.41) is 6.74. The Bertz CT molecular complexity index is 381. The zero-order valence-corrected chi connectivity index (χ0v) is 11.6. The molecule has 0 aliphatic heterocycles. The summed E-state index contributed by atoms with van der Waals surface area (Å²) in [5.74, 6) is 0.924. The maximum atomic E-state index is 11.8. The summed E-state index contributed by atoms with van der Waals surface area (Å²) in [6.45, 7) is 8.35. The number of aryl methyl sites for hydroxylation is 2. The Kier molecular flexibility index (Phi) is 5.34. The first kappa shape index (κ1) is 14.7. The van der Waals surface area contributed by atoms with Crippen molar-refractivity contribution in [2.24, 2.45) is 11.7 Å². The van der Waals surface area contributed by atoms with E-state index in [9.17, 15) is 4.79 Å². The summed E-state index contributed by atoms with van der Waals surface area (Å²) < 4.78 is 5.07. The van der Waals surface area contributed by atoms with Crippen molar-refractivity contribution >= 4 is 5.91 Å². The number of carbonyl (C=O) groups is 1. The third-order valence-electron chi connectivity index (χ3n) is 3.42. The predicted molar refractivity (Wildman–Crippen MR) is 70.1 cm³/mol. The molecular weight excluding hydrogens is 230 g/mol. The van der Waals surface area contributed by atoms with E-state index in [2.05, 4.69) is 10.5 Å². The van der Waals surface area contributed by atoms with E-state index in [1.165, 1.54) is 0 Å². The monoisotopic (exact) mass is 253 g/mol. The second-order valence-corrected chi connectivity index (χ2v) is 4.76. The van der Waals surface area contributed by atoms with Gasteiger partial charge in [0.2, 0.25) is 5.91 Å². The minimum absolute atomic E-state index is 0.0869. The predicted octanol–water partition coefficient (Wildman–Crippen LogP) is 1.32. The molecule has 0 aromatic carbocycles. The second-order valence-electron chi connectivity index (χ2n) is 4.76. The van der Waals surface area contributed by atoms with E-state index >= 15 is 0 Å². The van der Waals surface area contributed by atoms with E-state index in [-0.39, 0.29) is 11.8 Å². The number of carbonyl (C=O) groups excluding carboxylic acids is 1. The lowest BCUT2D eigenvalue weighted by Gasteiger charge is -2.17. The minimum atomic E-state index is -0.431. The molecule has 2 atom stereocenters. The third kappa shape index (κ3) is 3.57. The summed E-state index contributed by atoms with van der Waals surface area (Å²) >= 11 is 0. The van der Waals surface area contributed by atoms with Crippen LogP contribution in [0.2, 0.25) is 0 Å². The van der Waals surface area contributed by atoms with E-state index in [0.29, 0.717) is 6.54 Å². The van der Waals surface area contributed by atoms with Crippen LogP contribution in [-0.2, 0) is 11.2 Å². The van der Waals surface area contributed by atoms with E-state index in [4.69, 9.17) is 10.3 Å². The van der Waals surface area contributed by atoms with Crippen LogP contribution in [0.15, 0.2) is 4.52 Å². The number of hydrogen-bond donors (Lipinski definition) is 2. The minimum Gasteiger partial charge on any atom is -0.361 e. The fraction of sp³-hybridized carbons (Fsp3) is 0.692. The molecule has 2 unspecified atom stereocenters. The smallest absolute Gasteiger partial charge is 0.237 e. The Morgan fingerprint density at radius 2 is 2.17 bits per heavy atom. The fourth-order valence-electron chi connectivity index (χ4n) is 1.80. The van der Waals surface area contributed by atoms with Gasteiger partial charge in [-0.2, -0.15) is 0 Å². The highest BCUT2D eigenvalue weighted by molar-refractivity contribution is 5.81. The Morgan fingerprint density at radius 3 is 2.67 bits per heavy atom. The van der Waals surface area contributed by atoms with Crippen LogP contribution in [0.5, 0.6) is 0 Å². The van der Waals surface area contributed by atoms with Gasteiger partial charge in [0.25, 0.3) is 0 Å². The van der Waals surface area contributed by atoms with Crippen LogP contribution < -0.4 is 11.1 Å². The molecule has 3 N–H and O–H groups in total. The van der Waals surface area contributed by atoms with Crippen molar-refractivity contribution in [3.05, 3.63) is 17.0 Å². The molecule has 0 radical (unpaired) electrons. The molecule has 0 saturated heterocycles. The molecule has 0 bridgehead atoms. The molecular formula is C13H23N3O2. The Morgan fingerprint density at radius 1 is 1.50 bits per heavy atom. The van der Waals surface area contributed by atoms with Crippen molar-refractivity contribution < 1.29 is 9.32 Å². The molecule has 1 heterocycles. The van der Waals surface area contributed by atoms with E-state index in [1.54, 1.807) is 0 Å². The first-order chi connectivity index (χ1) is 8.47. The molecule has 1 aromatic heterocycles. The van der Waals surface area contributed by atoms with Crippen molar-refractivity contribution in [3.8, 4) is 0 Å². The zero-order chi connectivity index (χ0) is 13.7. The van der Waals surface area contributed by atoms with Gasteiger partial charge >= 0.3 is 0 Å². The van der Waals surface area contributed by atoms with Gasteiger partial charge in [-0.15, -0.1) is 0 Å². The second kappa shape index (κ2) is 6.54. The van der Waals surface area contributed by atoms with Crippen LogP contribution >= 0.6 is 0 Å². The number of nitrogens with zero attached hydrogens (tertiary/aromatic N) is 1. The zero-order valence-electron chi connectivity index (χ0n) is 11.6. The summed E-state index contributed by atoms with van der Waals surface area (Å²) in [6, 6.07) is -0.431. The van der Waals surface area contributed by atoms with Gasteiger partial charge in [-0.3, -0.25) is 4.79 Å². The summed E-state index contributed by atoms with van der Waals surface area (Å²) in [7, 11) is 0. The molecule has 0 fully saturated rings. The van der Waals surface area contributed by atoms with Crippen LogP contribution in [0, 0.1) is 19.8 Å². The van der Waals surface area contributed by atoms with Gasteiger partial charge in [-0.25, -0.2) is 0 Å². The van der Waals surface area contributed by atoms with Crippen molar-refractivity contribution in [2.75, 3.05) is 6.54 Å². The Labute approximate surface area is 108 Å². The van der Waals surface area contributed by atoms with E-state index < -0.39 is 6.04 Å². The highest BCUT2D eigenvalue weighted by Crippen LogP contribution is 2.12. The molecule has 1 amide bonds. The average molecular weight is 253 g/mol. The molecule has 5 nitrogen and oxygen atoms in total. The SMILES string of the molecule is CCC(C)C(N)C(=O)NCCc1c(C)noc1C. The molecule has 0 aliphatic rings. The number of amides is 1. The van der Waals surface area contributed by atoms with Gasteiger partial charge in [0.05, 0.1) is 11.7 Å². The van der Waals surface area contributed by atoms with Crippen molar-refractivity contribution in [1.29, 1.82) is 0 Å². The third-order valence-corrected chi connectivity index (χ3v) is 3.42. The Hall–Kier alpha value is -1.36. The van der Waals surface area contributed by atoms with E-state index in [1.807, 2.05) is 27.7 Å². The van der Waals surface area contributed by atoms with E-state index in [0.717, 1.165) is 29.9 Å². The first-order valence-electron chi connectivity index (χ1n) is 6.42. The van der Waals surface area contributed by atoms with Gasteiger partial charge < -0.3 is 15.6 Å². The number of rotatable bonds is 6. The number of nitrogens with one attached hydrogen (secondary N) is 1. The molecule has 1 aromatic rings. The van der Waals surface area contributed by atoms with Crippen molar-refractivity contribution in [3.63, 3.8) is 0 Å². The topological polar surface area (TPSA) is 81.2 Å². The largest absolute Gasteiger partial charge is 0.361 e. The first-order valence-corrected chi connectivity index (χ1v) is 6.42. The van der Waals surface area contributed by atoms with Gasteiger partial charge in [0.15, 0.2) is 0 Å². The molecule has 0 saturated carbocycles. The standard InChI is InChI=1S/C13H23N3O2/c1-5-8(2)12(14)13(17)15-7-6-11-9(3)16-18-10(11)4/h8,12H,5-7,14H2,1-4H3,(H,15,17). The summed E-state index contributed by atoms with van der Waals surface area (Å²) in [5.41, 5.74) is 7.79. The average Bonchev–Trinajstić information content (AvgIpc) is 2.68. The van der Waals surface area contributed by atoms with Crippen LogP contribution in [0.25, 0.3) is 0 Å². The Balaban J connectivity index is 2.40. The molecule has 18 heavy (non-hydrogen) atoms. The maximum absolute atomic E-state index is 11.8. The number of hydrogen-bond acceptors (Lipinski definition) is 4.